The number of aromatic nitrogens is 3. The van der Waals surface area contributed by atoms with Crippen molar-refractivity contribution in [1.82, 2.24) is 15.0 Å². The van der Waals surface area contributed by atoms with Crippen molar-refractivity contribution in [3.05, 3.63) is 65.4 Å². The molecule has 3 N–H and O–H groups in total. The van der Waals surface area contributed by atoms with Gasteiger partial charge in [-0.05, 0) is 37.1 Å². The van der Waals surface area contributed by atoms with Gasteiger partial charge in [-0.2, -0.15) is 0 Å². The maximum atomic E-state index is 14.4. The van der Waals surface area contributed by atoms with Crippen molar-refractivity contribution in [2.45, 2.75) is 18.9 Å². The van der Waals surface area contributed by atoms with Crippen LogP contribution in [0.1, 0.15) is 23.3 Å². The second-order valence-electron chi connectivity index (χ2n) is 7.87. The summed E-state index contributed by atoms with van der Waals surface area (Å²) in [4.78, 5) is 29.0. The average Bonchev–Trinajstić information content (AvgIpc) is 3.28. The predicted molar refractivity (Wildman–Crippen MR) is 124 cm³/mol. The quantitative estimate of drug-likeness (QED) is 0.468. The molecule has 4 aromatic rings. The van der Waals surface area contributed by atoms with Crippen LogP contribution in [-0.2, 0) is 0 Å². The lowest BCUT2D eigenvalue weighted by atomic mass is 10.1. The third-order valence-corrected chi connectivity index (χ3v) is 6.27. The number of carbonyl (C=O) groups excluding carboxylic acids is 1. The van der Waals surface area contributed by atoms with E-state index in [1.807, 2.05) is 0 Å². The molecule has 1 atom stereocenters. The average molecular weight is 467 g/mol. The van der Waals surface area contributed by atoms with Crippen LogP contribution >= 0.6 is 11.3 Å². The van der Waals surface area contributed by atoms with E-state index in [1.54, 1.807) is 11.7 Å². The molecule has 0 unspecified atom stereocenters. The van der Waals surface area contributed by atoms with Crippen LogP contribution < -0.4 is 16.0 Å². The molecule has 1 amide bonds. The van der Waals surface area contributed by atoms with Gasteiger partial charge in [0.1, 0.15) is 33.4 Å². The lowest BCUT2D eigenvalue weighted by Crippen LogP contribution is -2.43. The van der Waals surface area contributed by atoms with Crippen LogP contribution in [0.25, 0.3) is 21.6 Å². The van der Waals surface area contributed by atoms with Gasteiger partial charge in [-0.25, -0.2) is 23.7 Å². The first-order valence-corrected chi connectivity index (χ1v) is 11.3. The Morgan fingerprint density at radius 2 is 2.09 bits per heavy atom. The minimum atomic E-state index is -0.647. The van der Waals surface area contributed by atoms with E-state index in [0.717, 1.165) is 36.0 Å². The Balaban J connectivity index is 1.50. The van der Waals surface area contributed by atoms with E-state index in [1.165, 1.54) is 41.7 Å². The SMILES string of the molecule is N[C@H]1CCCN(c2c(NC(=O)c3ccc(F)c(-c4cccc(F)c4)n3)cnc3scnc23)C1. The number of carbonyl (C=O) groups is 1. The van der Waals surface area contributed by atoms with E-state index >= 15 is 0 Å². The number of hydrogen-bond donors (Lipinski definition) is 2. The highest BCUT2D eigenvalue weighted by Gasteiger charge is 2.24. The molecule has 1 saturated heterocycles. The number of amides is 1. The fourth-order valence-corrected chi connectivity index (χ4v) is 4.66. The van der Waals surface area contributed by atoms with E-state index in [4.69, 9.17) is 5.73 Å². The summed E-state index contributed by atoms with van der Waals surface area (Å²) in [6.07, 6.45) is 3.45. The number of thiazole rings is 1. The van der Waals surface area contributed by atoms with Gasteiger partial charge >= 0.3 is 0 Å². The highest BCUT2D eigenvalue weighted by Crippen LogP contribution is 2.36. The number of fused-ring (bicyclic) bond motifs is 1. The van der Waals surface area contributed by atoms with Crippen molar-refractivity contribution in [3.8, 4) is 11.3 Å². The minimum absolute atomic E-state index is 0.00432. The van der Waals surface area contributed by atoms with Crippen LogP contribution in [0.4, 0.5) is 20.2 Å². The van der Waals surface area contributed by atoms with Crippen LogP contribution in [0.3, 0.4) is 0 Å². The van der Waals surface area contributed by atoms with Gasteiger partial charge < -0.3 is 16.0 Å². The Morgan fingerprint density at radius 3 is 2.91 bits per heavy atom. The van der Waals surface area contributed by atoms with Gasteiger partial charge in [-0.1, -0.05) is 12.1 Å². The molecular formula is C23H20F2N6OS. The molecule has 0 spiro atoms. The maximum Gasteiger partial charge on any atom is 0.274 e. The molecule has 0 bridgehead atoms. The van der Waals surface area contributed by atoms with Crippen molar-refractivity contribution in [1.29, 1.82) is 0 Å². The molecule has 1 aromatic carbocycles. The Bertz CT molecular complexity index is 1340. The van der Waals surface area contributed by atoms with Crippen LogP contribution in [0.15, 0.2) is 48.1 Å². The number of anilines is 2. The number of nitrogens with one attached hydrogen (secondary N) is 1. The molecule has 7 nitrogen and oxygen atoms in total. The number of nitrogens with zero attached hydrogens (tertiary/aromatic N) is 4. The molecule has 1 fully saturated rings. The molecule has 4 heterocycles. The molecule has 0 radical (unpaired) electrons. The van der Waals surface area contributed by atoms with E-state index in [9.17, 15) is 13.6 Å². The Labute approximate surface area is 192 Å². The van der Waals surface area contributed by atoms with E-state index in [0.29, 0.717) is 17.7 Å². The largest absolute Gasteiger partial charge is 0.366 e. The molecule has 3 aromatic heterocycles. The van der Waals surface area contributed by atoms with Gasteiger partial charge in [0.25, 0.3) is 5.91 Å². The summed E-state index contributed by atoms with van der Waals surface area (Å²) in [5.41, 5.74) is 9.97. The Kier molecular flexibility index (Phi) is 5.69. The zero-order chi connectivity index (χ0) is 22.9. The number of pyridine rings is 2. The normalized spacial score (nSPS) is 16.2. The van der Waals surface area contributed by atoms with Gasteiger partial charge in [0.15, 0.2) is 0 Å². The molecule has 0 saturated carbocycles. The number of benzene rings is 1. The van der Waals surface area contributed by atoms with Crippen molar-refractivity contribution >= 4 is 39.0 Å². The number of halogens is 2. The molecule has 10 heteroatoms. The lowest BCUT2D eigenvalue weighted by molar-refractivity contribution is 0.102. The first-order valence-electron chi connectivity index (χ1n) is 10.5. The summed E-state index contributed by atoms with van der Waals surface area (Å²) in [5.74, 6) is -1.70. The fraction of sp³-hybridized carbons (Fsp3) is 0.217. The standard InChI is InChI=1S/C23H20F2N6OS/c24-14-4-1-3-13(9-14)19-16(25)6-7-17(29-19)22(32)30-18-10-27-23-20(28-12-33-23)21(18)31-8-2-5-15(26)11-31/h1,3-4,6-7,9-10,12,15H,2,5,8,11,26H2,(H,30,32)/t15-/m0/s1. The van der Waals surface area contributed by atoms with Crippen molar-refractivity contribution in [3.63, 3.8) is 0 Å². The first kappa shape index (κ1) is 21.4. The summed E-state index contributed by atoms with van der Waals surface area (Å²) in [6.45, 7) is 1.42. The number of hydrogen-bond acceptors (Lipinski definition) is 7. The maximum absolute atomic E-state index is 14.4. The molecule has 5 rings (SSSR count). The van der Waals surface area contributed by atoms with Crippen molar-refractivity contribution in [2.75, 3.05) is 23.3 Å². The Hall–Kier alpha value is -3.50. The zero-order valence-corrected chi connectivity index (χ0v) is 18.3. The fourth-order valence-electron chi connectivity index (χ4n) is 4.02. The number of piperidine rings is 1. The van der Waals surface area contributed by atoms with Crippen LogP contribution in [-0.4, -0.2) is 40.0 Å². The smallest absolute Gasteiger partial charge is 0.274 e. The molecular weight excluding hydrogens is 446 g/mol. The predicted octanol–water partition coefficient (Wildman–Crippen LogP) is 4.21. The van der Waals surface area contributed by atoms with Gasteiger partial charge in [0.05, 0.1) is 23.1 Å². The summed E-state index contributed by atoms with van der Waals surface area (Å²) < 4.78 is 28.0. The molecule has 1 aliphatic rings. The summed E-state index contributed by atoms with van der Waals surface area (Å²) in [7, 11) is 0. The summed E-state index contributed by atoms with van der Waals surface area (Å²) >= 11 is 1.42. The molecule has 1 aliphatic heterocycles. The van der Waals surface area contributed by atoms with E-state index in [-0.39, 0.29) is 23.0 Å². The van der Waals surface area contributed by atoms with Crippen LogP contribution in [0, 0.1) is 11.6 Å². The third-order valence-electron chi connectivity index (χ3n) is 5.54. The second kappa shape index (κ2) is 8.80. The zero-order valence-electron chi connectivity index (χ0n) is 17.5. The topological polar surface area (TPSA) is 97.0 Å². The van der Waals surface area contributed by atoms with Gasteiger partial charge in [0, 0.05) is 24.7 Å². The van der Waals surface area contributed by atoms with Gasteiger partial charge in [0.2, 0.25) is 0 Å². The minimum Gasteiger partial charge on any atom is -0.366 e. The number of rotatable bonds is 4. The monoisotopic (exact) mass is 466 g/mol. The first-order chi connectivity index (χ1) is 16.0. The molecule has 0 aliphatic carbocycles. The van der Waals surface area contributed by atoms with Crippen molar-refractivity contribution < 1.29 is 13.6 Å². The highest BCUT2D eigenvalue weighted by atomic mass is 32.1. The van der Waals surface area contributed by atoms with Gasteiger partial charge in [-0.15, -0.1) is 11.3 Å². The second-order valence-corrected chi connectivity index (χ2v) is 8.70. The van der Waals surface area contributed by atoms with E-state index < -0.39 is 17.5 Å². The van der Waals surface area contributed by atoms with Crippen molar-refractivity contribution in [2.24, 2.45) is 5.73 Å². The van der Waals surface area contributed by atoms with Gasteiger partial charge in [-0.3, -0.25) is 4.79 Å². The summed E-state index contributed by atoms with van der Waals surface area (Å²) in [5, 5.41) is 2.85. The molecule has 33 heavy (non-hydrogen) atoms. The van der Waals surface area contributed by atoms with Crippen LogP contribution in [0.2, 0.25) is 0 Å². The Morgan fingerprint density at radius 1 is 1.21 bits per heavy atom. The van der Waals surface area contributed by atoms with E-state index in [2.05, 4.69) is 25.2 Å². The van der Waals surface area contributed by atoms with Crippen LogP contribution in [0.5, 0.6) is 0 Å². The molecule has 168 valence electrons. The number of nitrogens with two attached hydrogens (primary N) is 1. The lowest BCUT2D eigenvalue weighted by Gasteiger charge is -2.33. The highest BCUT2D eigenvalue weighted by molar-refractivity contribution is 7.16. The third kappa shape index (κ3) is 4.27. The summed E-state index contributed by atoms with van der Waals surface area (Å²) in [6, 6.07) is 7.89.